The van der Waals surface area contributed by atoms with Crippen LogP contribution in [0.1, 0.15) is 36.5 Å². The molecular weight excluding hydrogens is 392 g/mol. The van der Waals surface area contributed by atoms with Gasteiger partial charge in [-0.05, 0) is 34.5 Å². The standard InChI is InChI=1S/C13H16Br2N2O3/c1-2-3-8(16)6-11(18)17-12-9(13(19)20)4-7(14)5-10(12)15/h4-5,8H,2-3,6,16H2,1H3,(H,17,18)(H,19,20). The van der Waals surface area contributed by atoms with Crippen LogP contribution in [0.4, 0.5) is 5.69 Å². The van der Waals surface area contributed by atoms with Crippen LogP contribution in [-0.4, -0.2) is 23.0 Å². The average molecular weight is 408 g/mol. The first-order chi connectivity index (χ1) is 9.35. The zero-order chi connectivity index (χ0) is 15.3. The number of amides is 1. The third kappa shape index (κ3) is 4.88. The summed E-state index contributed by atoms with van der Waals surface area (Å²) >= 11 is 6.47. The zero-order valence-electron chi connectivity index (χ0n) is 11.0. The Balaban J connectivity index is 2.91. The van der Waals surface area contributed by atoms with Crippen LogP contribution in [0.5, 0.6) is 0 Å². The molecule has 110 valence electrons. The Labute approximate surface area is 134 Å². The Morgan fingerprint density at radius 3 is 2.60 bits per heavy atom. The molecule has 1 unspecified atom stereocenters. The summed E-state index contributed by atoms with van der Waals surface area (Å²) in [7, 11) is 0. The van der Waals surface area contributed by atoms with Crippen LogP contribution in [-0.2, 0) is 4.79 Å². The lowest BCUT2D eigenvalue weighted by Crippen LogP contribution is -2.27. The second-order valence-corrected chi connectivity index (χ2v) is 6.19. The molecule has 0 saturated carbocycles. The lowest BCUT2D eigenvalue weighted by molar-refractivity contribution is -0.116. The number of carbonyl (C=O) groups excluding carboxylic acids is 1. The fraction of sp³-hybridized carbons (Fsp3) is 0.385. The van der Waals surface area contributed by atoms with Gasteiger partial charge >= 0.3 is 5.97 Å². The van der Waals surface area contributed by atoms with Crippen molar-refractivity contribution in [2.75, 3.05) is 5.32 Å². The maximum atomic E-state index is 11.9. The van der Waals surface area contributed by atoms with E-state index in [2.05, 4.69) is 37.2 Å². The van der Waals surface area contributed by atoms with Crippen molar-refractivity contribution in [3.63, 3.8) is 0 Å². The second-order valence-electron chi connectivity index (χ2n) is 4.42. The van der Waals surface area contributed by atoms with Crippen LogP contribution < -0.4 is 11.1 Å². The fourth-order valence-electron chi connectivity index (χ4n) is 1.77. The smallest absolute Gasteiger partial charge is 0.337 e. The SMILES string of the molecule is CCCC(N)CC(=O)Nc1c(Br)cc(Br)cc1C(=O)O. The number of rotatable bonds is 6. The first-order valence-electron chi connectivity index (χ1n) is 6.13. The van der Waals surface area contributed by atoms with Crippen molar-refractivity contribution in [2.45, 2.75) is 32.2 Å². The number of anilines is 1. The largest absolute Gasteiger partial charge is 0.478 e. The Bertz CT molecular complexity index is 521. The Morgan fingerprint density at radius 1 is 1.40 bits per heavy atom. The van der Waals surface area contributed by atoms with Crippen molar-refractivity contribution < 1.29 is 14.7 Å². The van der Waals surface area contributed by atoms with Crippen molar-refractivity contribution in [3.05, 3.63) is 26.6 Å². The van der Waals surface area contributed by atoms with Crippen LogP contribution in [0.2, 0.25) is 0 Å². The van der Waals surface area contributed by atoms with E-state index in [1.54, 1.807) is 6.07 Å². The lowest BCUT2D eigenvalue weighted by atomic mass is 10.1. The number of nitrogens with one attached hydrogen (secondary N) is 1. The van der Waals surface area contributed by atoms with Crippen LogP contribution in [0.15, 0.2) is 21.1 Å². The van der Waals surface area contributed by atoms with E-state index in [0.717, 1.165) is 12.8 Å². The number of hydrogen-bond acceptors (Lipinski definition) is 3. The summed E-state index contributed by atoms with van der Waals surface area (Å²) in [4.78, 5) is 23.1. The molecular formula is C13H16Br2N2O3. The lowest BCUT2D eigenvalue weighted by Gasteiger charge is -2.14. The molecule has 0 heterocycles. The number of halogens is 2. The van der Waals surface area contributed by atoms with Gasteiger partial charge in [-0.15, -0.1) is 0 Å². The molecule has 0 bridgehead atoms. The number of nitrogens with two attached hydrogens (primary N) is 1. The maximum absolute atomic E-state index is 11.9. The predicted octanol–water partition coefficient (Wildman–Crippen LogP) is 3.37. The van der Waals surface area contributed by atoms with Gasteiger partial charge in [-0.2, -0.15) is 0 Å². The minimum absolute atomic E-state index is 0.0173. The minimum atomic E-state index is -1.11. The number of carboxylic acids is 1. The molecule has 1 rings (SSSR count). The van der Waals surface area contributed by atoms with Gasteiger partial charge in [0, 0.05) is 21.4 Å². The summed E-state index contributed by atoms with van der Waals surface area (Å²) in [6.45, 7) is 1.99. The molecule has 7 heteroatoms. The average Bonchev–Trinajstić information content (AvgIpc) is 2.32. The highest BCUT2D eigenvalue weighted by Crippen LogP contribution is 2.31. The van der Waals surface area contributed by atoms with E-state index in [0.29, 0.717) is 8.95 Å². The molecule has 0 spiro atoms. The molecule has 1 atom stereocenters. The Kier molecular flexibility index (Phi) is 6.64. The first-order valence-corrected chi connectivity index (χ1v) is 7.71. The van der Waals surface area contributed by atoms with E-state index >= 15 is 0 Å². The molecule has 1 aromatic rings. The third-order valence-corrected chi connectivity index (χ3v) is 3.74. The Hall–Kier alpha value is -0.920. The van der Waals surface area contributed by atoms with E-state index in [9.17, 15) is 14.7 Å². The monoisotopic (exact) mass is 406 g/mol. The normalized spacial score (nSPS) is 12.0. The summed E-state index contributed by atoms with van der Waals surface area (Å²) in [5.41, 5.74) is 6.06. The predicted molar refractivity (Wildman–Crippen MR) is 84.9 cm³/mol. The summed E-state index contributed by atoms with van der Waals surface area (Å²) in [6.07, 6.45) is 1.81. The number of carbonyl (C=O) groups is 2. The molecule has 0 fully saturated rings. The van der Waals surface area contributed by atoms with Crippen molar-refractivity contribution in [2.24, 2.45) is 5.73 Å². The molecule has 0 aromatic heterocycles. The van der Waals surface area contributed by atoms with Gasteiger partial charge in [0.05, 0.1) is 11.3 Å². The minimum Gasteiger partial charge on any atom is -0.478 e. The molecule has 0 radical (unpaired) electrons. The van der Waals surface area contributed by atoms with Gasteiger partial charge in [0.1, 0.15) is 0 Å². The van der Waals surface area contributed by atoms with E-state index in [1.807, 2.05) is 6.92 Å². The van der Waals surface area contributed by atoms with Crippen LogP contribution >= 0.6 is 31.9 Å². The van der Waals surface area contributed by atoms with Gasteiger partial charge in [-0.3, -0.25) is 4.79 Å². The van der Waals surface area contributed by atoms with Crippen molar-refractivity contribution in [3.8, 4) is 0 Å². The fourth-order valence-corrected chi connectivity index (χ4v) is 3.10. The van der Waals surface area contributed by atoms with Gasteiger partial charge in [-0.25, -0.2) is 4.79 Å². The summed E-state index contributed by atoms with van der Waals surface area (Å²) in [6, 6.07) is 2.89. The van der Waals surface area contributed by atoms with Crippen molar-refractivity contribution >= 4 is 49.4 Å². The second kappa shape index (κ2) is 7.75. The Morgan fingerprint density at radius 2 is 2.05 bits per heavy atom. The highest BCUT2D eigenvalue weighted by atomic mass is 79.9. The van der Waals surface area contributed by atoms with Gasteiger partial charge in [0.25, 0.3) is 0 Å². The number of benzene rings is 1. The molecule has 0 aliphatic heterocycles. The molecule has 20 heavy (non-hydrogen) atoms. The van der Waals surface area contributed by atoms with E-state index < -0.39 is 5.97 Å². The van der Waals surface area contributed by atoms with Crippen LogP contribution in [0.3, 0.4) is 0 Å². The van der Waals surface area contributed by atoms with Gasteiger partial charge in [-0.1, -0.05) is 29.3 Å². The molecule has 1 amide bonds. The molecule has 0 aliphatic rings. The quantitative estimate of drug-likeness (QED) is 0.673. The summed E-state index contributed by atoms with van der Waals surface area (Å²) < 4.78 is 1.11. The zero-order valence-corrected chi connectivity index (χ0v) is 14.1. The van der Waals surface area contributed by atoms with Crippen LogP contribution in [0, 0.1) is 0 Å². The first kappa shape index (κ1) is 17.1. The van der Waals surface area contributed by atoms with Gasteiger partial charge in [0.2, 0.25) is 5.91 Å². The molecule has 4 N–H and O–H groups in total. The number of carboxylic acid groups (broad SMARTS) is 1. The number of aromatic carboxylic acids is 1. The number of hydrogen-bond donors (Lipinski definition) is 3. The maximum Gasteiger partial charge on any atom is 0.337 e. The van der Waals surface area contributed by atoms with Crippen LogP contribution in [0.25, 0.3) is 0 Å². The third-order valence-electron chi connectivity index (χ3n) is 2.66. The van der Waals surface area contributed by atoms with Gasteiger partial charge < -0.3 is 16.2 Å². The van der Waals surface area contributed by atoms with Crippen molar-refractivity contribution in [1.82, 2.24) is 0 Å². The van der Waals surface area contributed by atoms with E-state index in [4.69, 9.17) is 5.73 Å². The highest BCUT2D eigenvalue weighted by molar-refractivity contribution is 9.11. The van der Waals surface area contributed by atoms with Gasteiger partial charge in [0.15, 0.2) is 0 Å². The molecule has 5 nitrogen and oxygen atoms in total. The van der Waals surface area contributed by atoms with E-state index in [-0.39, 0.29) is 29.6 Å². The molecule has 1 aromatic carbocycles. The summed E-state index contributed by atoms with van der Waals surface area (Å²) in [5, 5.41) is 11.8. The summed E-state index contributed by atoms with van der Waals surface area (Å²) in [5.74, 6) is -1.41. The molecule has 0 saturated heterocycles. The van der Waals surface area contributed by atoms with E-state index in [1.165, 1.54) is 6.07 Å². The molecule has 0 aliphatic carbocycles. The topological polar surface area (TPSA) is 92.4 Å². The highest BCUT2D eigenvalue weighted by Gasteiger charge is 2.18. The van der Waals surface area contributed by atoms with Crippen molar-refractivity contribution in [1.29, 1.82) is 0 Å².